The van der Waals surface area contributed by atoms with Crippen LogP contribution in [-0.2, 0) is 14.3 Å². The van der Waals surface area contributed by atoms with Gasteiger partial charge in [-0.15, -0.1) is 0 Å². The molecule has 31 heavy (non-hydrogen) atoms. The summed E-state index contributed by atoms with van der Waals surface area (Å²) < 4.78 is 9.86. The molecule has 2 unspecified atom stereocenters. The highest BCUT2D eigenvalue weighted by Gasteiger charge is 2.25. The standard InChI is InChI=1S/C24H48N2O5/c1-3-4-5-6-7-8-9-10-11-12-13-14-15-16-17-18-19-26-24(29)31-20-21(30-2)22(27)23(25)28/h21-22,27H,3-20H2,1-2H3,(H2,25,28)(H,26,29). The molecule has 0 aromatic rings. The maximum atomic E-state index is 11.6. The number of alkyl carbamates (subject to hydrolysis) is 1. The van der Waals surface area contributed by atoms with E-state index in [4.69, 9.17) is 15.2 Å². The summed E-state index contributed by atoms with van der Waals surface area (Å²) in [5, 5.41) is 12.2. The van der Waals surface area contributed by atoms with E-state index >= 15 is 0 Å². The first-order valence-corrected chi connectivity index (χ1v) is 12.4. The summed E-state index contributed by atoms with van der Waals surface area (Å²) in [7, 11) is 1.31. The van der Waals surface area contributed by atoms with E-state index in [0.29, 0.717) is 6.54 Å². The molecule has 0 aliphatic rings. The van der Waals surface area contributed by atoms with Crippen molar-refractivity contribution < 1.29 is 24.2 Å². The lowest BCUT2D eigenvalue weighted by Gasteiger charge is -2.18. The van der Waals surface area contributed by atoms with Gasteiger partial charge in [0, 0.05) is 13.7 Å². The van der Waals surface area contributed by atoms with Gasteiger partial charge >= 0.3 is 6.09 Å². The van der Waals surface area contributed by atoms with Gasteiger partial charge in [-0.2, -0.15) is 0 Å². The lowest BCUT2D eigenvalue weighted by molar-refractivity contribution is -0.135. The van der Waals surface area contributed by atoms with Crippen molar-refractivity contribution in [2.24, 2.45) is 5.73 Å². The largest absolute Gasteiger partial charge is 0.447 e. The van der Waals surface area contributed by atoms with Crippen LogP contribution in [0.4, 0.5) is 4.79 Å². The molecule has 0 aliphatic heterocycles. The third-order valence-electron chi connectivity index (χ3n) is 5.62. The molecule has 0 heterocycles. The molecule has 0 spiro atoms. The van der Waals surface area contributed by atoms with Crippen LogP contribution in [-0.4, -0.2) is 49.6 Å². The van der Waals surface area contributed by atoms with Crippen LogP contribution in [0.2, 0.25) is 0 Å². The number of primary amides is 1. The second-order valence-electron chi connectivity index (χ2n) is 8.45. The van der Waals surface area contributed by atoms with Crippen molar-refractivity contribution in [2.45, 2.75) is 122 Å². The number of ether oxygens (including phenoxy) is 2. The third kappa shape index (κ3) is 19.1. The number of aliphatic hydroxyl groups is 1. The summed E-state index contributed by atoms with van der Waals surface area (Å²) in [4.78, 5) is 22.6. The Labute approximate surface area is 189 Å². The van der Waals surface area contributed by atoms with Gasteiger partial charge in [-0.25, -0.2) is 4.79 Å². The molecule has 0 aromatic carbocycles. The van der Waals surface area contributed by atoms with Crippen molar-refractivity contribution in [3.8, 4) is 0 Å². The third-order valence-corrected chi connectivity index (χ3v) is 5.62. The van der Waals surface area contributed by atoms with Gasteiger partial charge in [0.2, 0.25) is 5.91 Å². The first-order valence-electron chi connectivity index (χ1n) is 12.4. The number of rotatable bonds is 22. The fourth-order valence-corrected chi connectivity index (χ4v) is 3.54. The lowest BCUT2D eigenvalue weighted by Crippen LogP contribution is -2.43. The van der Waals surface area contributed by atoms with E-state index in [2.05, 4.69) is 12.2 Å². The molecule has 2 atom stereocenters. The van der Waals surface area contributed by atoms with Gasteiger partial charge in [-0.3, -0.25) is 4.79 Å². The number of carbonyl (C=O) groups excluding carboxylic acids is 2. The Kier molecular flexibility index (Phi) is 20.9. The molecule has 0 aromatic heterocycles. The van der Waals surface area contributed by atoms with E-state index in [0.717, 1.165) is 12.8 Å². The van der Waals surface area contributed by atoms with Gasteiger partial charge in [-0.05, 0) is 6.42 Å². The van der Waals surface area contributed by atoms with E-state index in [-0.39, 0.29) is 6.61 Å². The molecule has 0 radical (unpaired) electrons. The maximum absolute atomic E-state index is 11.6. The molecule has 0 bridgehead atoms. The summed E-state index contributed by atoms with van der Waals surface area (Å²) in [5.41, 5.74) is 5.00. The first-order chi connectivity index (χ1) is 15.0. The van der Waals surface area contributed by atoms with Crippen LogP contribution in [0.5, 0.6) is 0 Å². The molecule has 0 saturated heterocycles. The van der Waals surface area contributed by atoms with E-state index in [1.54, 1.807) is 0 Å². The smallest absolute Gasteiger partial charge is 0.407 e. The van der Waals surface area contributed by atoms with Crippen LogP contribution < -0.4 is 11.1 Å². The lowest BCUT2D eigenvalue weighted by atomic mass is 10.0. The van der Waals surface area contributed by atoms with Crippen LogP contribution in [0.15, 0.2) is 0 Å². The molecule has 0 saturated carbocycles. The van der Waals surface area contributed by atoms with Crippen molar-refractivity contribution in [1.29, 1.82) is 0 Å². The van der Waals surface area contributed by atoms with Gasteiger partial charge in [0.05, 0.1) is 0 Å². The van der Waals surface area contributed by atoms with Gasteiger partial charge in [0.25, 0.3) is 0 Å². The summed E-state index contributed by atoms with van der Waals surface area (Å²) >= 11 is 0. The molecular formula is C24H48N2O5. The fraction of sp³-hybridized carbons (Fsp3) is 0.917. The molecule has 7 heteroatoms. The van der Waals surface area contributed by atoms with E-state index < -0.39 is 24.2 Å². The molecular weight excluding hydrogens is 396 g/mol. The number of methoxy groups -OCH3 is 1. The van der Waals surface area contributed by atoms with Gasteiger partial charge in [-0.1, -0.05) is 103 Å². The highest BCUT2D eigenvalue weighted by atomic mass is 16.6. The number of hydrogen-bond acceptors (Lipinski definition) is 5. The van der Waals surface area contributed by atoms with E-state index in [9.17, 15) is 14.7 Å². The highest BCUT2D eigenvalue weighted by Crippen LogP contribution is 2.13. The number of nitrogens with one attached hydrogen (secondary N) is 1. The zero-order valence-electron chi connectivity index (χ0n) is 20.0. The normalized spacial score (nSPS) is 13.0. The SMILES string of the molecule is CCCCCCCCCCCCCCCCCCNC(=O)OCC(OC)C(O)C(N)=O. The molecule has 0 aliphatic carbocycles. The second kappa shape index (κ2) is 21.9. The van der Waals surface area contributed by atoms with Crippen molar-refractivity contribution in [3.63, 3.8) is 0 Å². The molecule has 0 fully saturated rings. The van der Waals surface area contributed by atoms with E-state index in [1.807, 2.05) is 0 Å². The number of unbranched alkanes of at least 4 members (excludes halogenated alkanes) is 15. The van der Waals surface area contributed by atoms with Gasteiger partial charge < -0.3 is 25.6 Å². The number of aliphatic hydroxyl groups excluding tert-OH is 1. The van der Waals surface area contributed by atoms with Gasteiger partial charge in [0.15, 0.2) is 6.10 Å². The molecule has 7 nitrogen and oxygen atoms in total. The Morgan fingerprint density at radius 1 is 0.806 bits per heavy atom. The van der Waals surface area contributed by atoms with Crippen LogP contribution in [0.3, 0.4) is 0 Å². The average Bonchev–Trinajstić information content (AvgIpc) is 2.76. The summed E-state index contributed by atoms with van der Waals surface area (Å²) in [6.07, 6.45) is 17.9. The summed E-state index contributed by atoms with van der Waals surface area (Å²) in [6, 6.07) is 0. The minimum absolute atomic E-state index is 0.231. The minimum atomic E-state index is -1.50. The zero-order chi connectivity index (χ0) is 23.2. The van der Waals surface area contributed by atoms with Crippen LogP contribution in [0.25, 0.3) is 0 Å². The van der Waals surface area contributed by atoms with E-state index in [1.165, 1.54) is 97.0 Å². The Morgan fingerprint density at radius 2 is 1.23 bits per heavy atom. The van der Waals surface area contributed by atoms with Crippen LogP contribution in [0.1, 0.15) is 110 Å². The number of amides is 2. The summed E-state index contributed by atoms with van der Waals surface area (Å²) in [6.45, 7) is 2.58. The Hall–Kier alpha value is -1.34. The molecule has 4 N–H and O–H groups in total. The van der Waals surface area contributed by atoms with Crippen LogP contribution >= 0.6 is 0 Å². The number of carbonyl (C=O) groups is 2. The Morgan fingerprint density at radius 3 is 1.61 bits per heavy atom. The monoisotopic (exact) mass is 444 g/mol. The Bertz CT molecular complexity index is 434. The Balaban J connectivity index is 3.35. The number of hydrogen-bond donors (Lipinski definition) is 3. The number of nitrogens with two attached hydrogens (primary N) is 1. The van der Waals surface area contributed by atoms with Crippen molar-refractivity contribution in [2.75, 3.05) is 20.3 Å². The quantitative estimate of drug-likeness (QED) is 0.207. The second-order valence-corrected chi connectivity index (χ2v) is 8.45. The molecule has 2 amide bonds. The minimum Gasteiger partial charge on any atom is -0.447 e. The average molecular weight is 445 g/mol. The highest BCUT2D eigenvalue weighted by molar-refractivity contribution is 5.79. The van der Waals surface area contributed by atoms with Crippen LogP contribution in [0, 0.1) is 0 Å². The van der Waals surface area contributed by atoms with Crippen molar-refractivity contribution >= 4 is 12.0 Å². The first kappa shape index (κ1) is 29.7. The van der Waals surface area contributed by atoms with Crippen molar-refractivity contribution in [1.82, 2.24) is 5.32 Å². The predicted octanol–water partition coefficient (Wildman–Crippen LogP) is 4.84. The van der Waals surface area contributed by atoms with Crippen molar-refractivity contribution in [3.05, 3.63) is 0 Å². The topological polar surface area (TPSA) is 111 Å². The summed E-state index contributed by atoms with van der Waals surface area (Å²) in [5.74, 6) is -0.913. The maximum Gasteiger partial charge on any atom is 0.407 e. The molecule has 184 valence electrons. The van der Waals surface area contributed by atoms with Gasteiger partial charge in [0.1, 0.15) is 12.7 Å². The predicted molar refractivity (Wildman–Crippen MR) is 125 cm³/mol. The molecule has 0 rings (SSSR count). The fourth-order valence-electron chi connectivity index (χ4n) is 3.54. The zero-order valence-corrected chi connectivity index (χ0v) is 20.0.